The molecule has 4 heterocycles. The smallest absolute Gasteiger partial charge is 0.261 e. The lowest BCUT2D eigenvalue weighted by Gasteiger charge is -2.44. The van der Waals surface area contributed by atoms with Crippen LogP contribution in [-0.2, 0) is 9.84 Å². The monoisotopic (exact) mass is 444 g/mol. The minimum Gasteiger partial charge on any atom is -0.347 e. The second-order valence-corrected chi connectivity index (χ2v) is 10.9. The number of amides is 1. The lowest BCUT2D eigenvalue weighted by molar-refractivity contribution is 0.0622. The van der Waals surface area contributed by atoms with Gasteiger partial charge in [-0.25, -0.2) is 8.42 Å². The largest absolute Gasteiger partial charge is 0.347 e. The summed E-state index contributed by atoms with van der Waals surface area (Å²) in [6, 6.07) is 7.61. The number of benzene rings is 1. The van der Waals surface area contributed by atoms with Gasteiger partial charge in [-0.05, 0) is 56.1 Å². The Morgan fingerprint density at radius 2 is 1.89 bits per heavy atom. The van der Waals surface area contributed by atoms with Gasteiger partial charge >= 0.3 is 0 Å². The number of nitrogens with one attached hydrogen (secondary N) is 1. The number of carbonyl (C=O) groups is 1. The molecule has 9 heteroatoms. The second-order valence-electron chi connectivity index (χ2n) is 6.89. The molecule has 3 aliphatic rings. The molecule has 1 atom stereocenters. The molecule has 0 aliphatic carbocycles. The van der Waals surface area contributed by atoms with Crippen molar-refractivity contribution in [3.05, 3.63) is 45.3 Å². The molecule has 144 valence electrons. The average molecular weight is 445 g/mol. The molecular formula is C18H18Cl2N2O3S2. The van der Waals surface area contributed by atoms with Gasteiger partial charge in [-0.15, -0.1) is 11.3 Å². The van der Waals surface area contributed by atoms with Crippen LogP contribution in [0.25, 0.3) is 0 Å². The van der Waals surface area contributed by atoms with Crippen LogP contribution < -0.4 is 5.32 Å². The summed E-state index contributed by atoms with van der Waals surface area (Å²) in [5.74, 6) is 0.282. The molecule has 3 fully saturated rings. The van der Waals surface area contributed by atoms with E-state index in [4.69, 9.17) is 23.2 Å². The first-order chi connectivity index (χ1) is 12.9. The Morgan fingerprint density at radius 1 is 1.15 bits per heavy atom. The number of piperidine rings is 3. The van der Waals surface area contributed by atoms with E-state index in [-0.39, 0.29) is 31.1 Å². The van der Waals surface area contributed by atoms with Crippen molar-refractivity contribution in [3.63, 3.8) is 0 Å². The molecule has 3 saturated heterocycles. The third-order valence-corrected chi connectivity index (χ3v) is 9.55. The van der Waals surface area contributed by atoms with Crippen molar-refractivity contribution in [3.8, 4) is 0 Å². The zero-order valence-corrected chi connectivity index (χ0v) is 17.5. The first-order valence-corrected chi connectivity index (χ1v) is 11.7. The summed E-state index contributed by atoms with van der Waals surface area (Å²) in [7, 11) is -3.83. The molecule has 3 aliphatic heterocycles. The van der Waals surface area contributed by atoms with Gasteiger partial charge in [0.05, 0.1) is 19.8 Å². The van der Waals surface area contributed by atoms with Crippen molar-refractivity contribution in [2.45, 2.75) is 28.0 Å². The van der Waals surface area contributed by atoms with Crippen molar-refractivity contribution in [1.29, 1.82) is 0 Å². The van der Waals surface area contributed by atoms with E-state index in [2.05, 4.69) is 10.2 Å². The van der Waals surface area contributed by atoms with E-state index >= 15 is 0 Å². The number of hydrogen-bond donors (Lipinski definition) is 1. The maximum atomic E-state index is 12.9. The summed E-state index contributed by atoms with van der Waals surface area (Å²) in [5.41, 5.74) is 0. The van der Waals surface area contributed by atoms with Crippen LogP contribution >= 0.6 is 34.5 Å². The summed E-state index contributed by atoms with van der Waals surface area (Å²) in [6.45, 7) is 3.06. The summed E-state index contributed by atoms with van der Waals surface area (Å²) < 4.78 is 25.8. The van der Waals surface area contributed by atoms with Crippen molar-refractivity contribution in [2.24, 2.45) is 5.92 Å². The lowest BCUT2D eigenvalue weighted by Crippen LogP contribution is -2.57. The highest BCUT2D eigenvalue weighted by molar-refractivity contribution is 7.93. The highest BCUT2D eigenvalue weighted by Crippen LogP contribution is 2.35. The number of halogens is 2. The fourth-order valence-electron chi connectivity index (χ4n) is 3.75. The molecule has 0 spiro atoms. The van der Waals surface area contributed by atoms with Crippen molar-refractivity contribution in [1.82, 2.24) is 10.2 Å². The van der Waals surface area contributed by atoms with Gasteiger partial charge in [0.1, 0.15) is 4.21 Å². The number of fused-ring (bicyclic) bond motifs is 3. The zero-order valence-electron chi connectivity index (χ0n) is 14.3. The molecule has 0 unspecified atom stereocenters. The maximum absolute atomic E-state index is 12.9. The predicted octanol–water partition coefficient (Wildman–Crippen LogP) is 3.71. The summed E-state index contributed by atoms with van der Waals surface area (Å²) >= 11 is 13.0. The van der Waals surface area contributed by atoms with Gasteiger partial charge in [-0.1, -0.05) is 29.3 Å². The minimum absolute atomic E-state index is 0.00847. The number of carbonyl (C=O) groups excluding carboxylic acids is 1. The van der Waals surface area contributed by atoms with E-state index in [1.54, 1.807) is 6.07 Å². The van der Waals surface area contributed by atoms with Crippen LogP contribution in [0.5, 0.6) is 0 Å². The van der Waals surface area contributed by atoms with Gasteiger partial charge in [0.2, 0.25) is 9.84 Å². The molecule has 2 bridgehead atoms. The Bertz CT molecular complexity index is 982. The van der Waals surface area contributed by atoms with Crippen LogP contribution in [0.4, 0.5) is 0 Å². The molecule has 1 amide bonds. The first kappa shape index (κ1) is 19.2. The Balaban J connectivity index is 1.54. The van der Waals surface area contributed by atoms with Gasteiger partial charge in [-0.2, -0.15) is 0 Å². The number of rotatable bonds is 4. The fourth-order valence-corrected chi connectivity index (χ4v) is 7.10. The van der Waals surface area contributed by atoms with Crippen molar-refractivity contribution >= 4 is 50.3 Å². The first-order valence-electron chi connectivity index (χ1n) is 8.68. The van der Waals surface area contributed by atoms with E-state index < -0.39 is 9.84 Å². The SMILES string of the molecule is O=C(N[C@H]1CN2CCC1CC2)c1ccc(S(=O)(=O)c2cccc(Cl)c2Cl)s1. The fraction of sp³-hybridized carbons (Fsp3) is 0.389. The molecule has 1 N–H and O–H groups in total. The predicted molar refractivity (Wildman–Crippen MR) is 107 cm³/mol. The average Bonchev–Trinajstić information content (AvgIpc) is 3.16. The quantitative estimate of drug-likeness (QED) is 0.779. The Morgan fingerprint density at radius 3 is 2.56 bits per heavy atom. The topological polar surface area (TPSA) is 66.5 Å². The molecule has 5 rings (SSSR count). The van der Waals surface area contributed by atoms with Gasteiger partial charge < -0.3 is 10.2 Å². The van der Waals surface area contributed by atoms with Gasteiger partial charge in [0.15, 0.2) is 0 Å². The van der Waals surface area contributed by atoms with Crippen LogP contribution in [-0.4, -0.2) is 44.9 Å². The van der Waals surface area contributed by atoms with E-state index in [9.17, 15) is 13.2 Å². The van der Waals surface area contributed by atoms with E-state index in [1.807, 2.05) is 0 Å². The van der Waals surface area contributed by atoms with Crippen LogP contribution in [0.15, 0.2) is 39.4 Å². The zero-order chi connectivity index (χ0) is 19.2. The molecule has 5 nitrogen and oxygen atoms in total. The molecule has 1 aromatic carbocycles. The van der Waals surface area contributed by atoms with Crippen LogP contribution in [0, 0.1) is 5.92 Å². The van der Waals surface area contributed by atoms with Crippen LogP contribution in [0.2, 0.25) is 10.0 Å². The Labute approximate surface area is 172 Å². The van der Waals surface area contributed by atoms with Crippen LogP contribution in [0.1, 0.15) is 22.5 Å². The lowest BCUT2D eigenvalue weighted by atomic mass is 9.84. The highest BCUT2D eigenvalue weighted by atomic mass is 35.5. The third kappa shape index (κ3) is 3.63. The molecule has 2 aromatic rings. The van der Waals surface area contributed by atoms with Crippen molar-refractivity contribution < 1.29 is 13.2 Å². The van der Waals surface area contributed by atoms with E-state index in [1.165, 1.54) is 24.3 Å². The van der Waals surface area contributed by atoms with Gasteiger partial charge in [-0.3, -0.25) is 4.79 Å². The standard InChI is InChI=1S/C18H18Cl2N2O3S2/c19-12-2-1-3-15(17(12)20)27(24,25)16-5-4-14(26-16)18(23)21-13-10-22-8-6-11(13)7-9-22/h1-5,11,13H,6-10H2,(H,21,23)/t13-/m0/s1. The Kier molecular flexibility index (Phi) is 5.24. The molecule has 27 heavy (non-hydrogen) atoms. The minimum atomic E-state index is -3.83. The van der Waals surface area contributed by atoms with Crippen molar-refractivity contribution in [2.75, 3.05) is 19.6 Å². The third-order valence-electron chi connectivity index (χ3n) is 5.25. The summed E-state index contributed by atoms with van der Waals surface area (Å²) in [6.07, 6.45) is 2.20. The number of hydrogen-bond acceptors (Lipinski definition) is 5. The number of nitrogens with zero attached hydrogens (tertiary/aromatic N) is 1. The summed E-state index contributed by atoms with van der Waals surface area (Å²) in [4.78, 5) is 15.3. The number of sulfone groups is 1. The molecular weight excluding hydrogens is 427 g/mol. The molecule has 1 aromatic heterocycles. The normalized spacial score (nSPS) is 24.7. The maximum Gasteiger partial charge on any atom is 0.261 e. The molecule has 0 radical (unpaired) electrons. The molecule has 0 saturated carbocycles. The van der Waals surface area contributed by atoms with Gasteiger partial charge in [0.25, 0.3) is 5.91 Å². The number of thiophene rings is 1. The van der Waals surface area contributed by atoms with Crippen LogP contribution in [0.3, 0.4) is 0 Å². The summed E-state index contributed by atoms with van der Waals surface area (Å²) in [5, 5.41) is 3.25. The van der Waals surface area contributed by atoms with E-state index in [0.29, 0.717) is 10.8 Å². The Hall–Kier alpha value is -1.12. The van der Waals surface area contributed by atoms with Gasteiger partial charge in [0, 0.05) is 12.6 Å². The second kappa shape index (κ2) is 7.37. The van der Waals surface area contributed by atoms with E-state index in [0.717, 1.165) is 43.8 Å². The highest BCUT2D eigenvalue weighted by Gasteiger charge is 2.35.